The summed E-state index contributed by atoms with van der Waals surface area (Å²) in [5.74, 6) is 6.87. The molecule has 0 aliphatic heterocycles. The predicted octanol–water partition coefficient (Wildman–Crippen LogP) is 4.55. The fraction of sp³-hybridized carbons (Fsp3) is 0.167. The summed E-state index contributed by atoms with van der Waals surface area (Å²) in [7, 11) is 0. The Morgan fingerprint density at radius 3 is 2.39 bits per heavy atom. The van der Waals surface area contributed by atoms with Gasteiger partial charge in [0.05, 0.1) is 5.75 Å². The lowest BCUT2D eigenvalue weighted by molar-refractivity contribution is -0.131. The van der Waals surface area contributed by atoms with Crippen LogP contribution in [0, 0.1) is 11.8 Å². The second kappa shape index (κ2) is 9.29. The Morgan fingerprint density at radius 1 is 1.09 bits per heavy atom. The molecule has 23 heavy (non-hydrogen) atoms. The maximum absolute atomic E-state index is 11.8. The summed E-state index contributed by atoms with van der Waals surface area (Å²) in [6, 6.07) is 14.7. The quantitative estimate of drug-likeness (QED) is 0.313. The summed E-state index contributed by atoms with van der Waals surface area (Å²) in [6.07, 6.45) is 0. The second-order valence-electron chi connectivity index (χ2n) is 4.40. The Balaban J connectivity index is 1.79. The molecule has 0 heterocycles. The molecule has 0 aliphatic rings. The van der Waals surface area contributed by atoms with Crippen LogP contribution in [-0.4, -0.2) is 18.3 Å². The normalized spacial score (nSPS) is 9.65. The first-order valence-electron chi connectivity index (χ1n) is 6.89. The van der Waals surface area contributed by atoms with Gasteiger partial charge < -0.3 is 9.47 Å². The molecule has 0 aromatic heterocycles. The third-order valence-corrected chi connectivity index (χ3v) is 4.23. The zero-order chi connectivity index (χ0) is 16.5. The number of halogens is 1. The molecular weight excluding hydrogens is 376 g/mol. The largest absolute Gasteiger partial charge is 0.481 e. The molecule has 0 amide bonds. The molecule has 0 radical (unpaired) electrons. The van der Waals surface area contributed by atoms with E-state index >= 15 is 0 Å². The maximum atomic E-state index is 11.8. The topological polar surface area (TPSA) is 35.5 Å². The van der Waals surface area contributed by atoms with Crippen LogP contribution in [0.5, 0.6) is 11.5 Å². The van der Waals surface area contributed by atoms with Crippen molar-refractivity contribution in [2.45, 2.75) is 11.8 Å². The number of carbonyl (C=O) groups excluding carboxylic acids is 1. The van der Waals surface area contributed by atoms with Crippen LogP contribution < -0.4 is 9.47 Å². The summed E-state index contributed by atoms with van der Waals surface area (Å²) in [5, 5.41) is 0. The second-order valence-corrected chi connectivity index (χ2v) is 6.37. The van der Waals surface area contributed by atoms with Gasteiger partial charge >= 0.3 is 5.97 Å². The molecule has 0 fully saturated rings. The Labute approximate surface area is 148 Å². The van der Waals surface area contributed by atoms with E-state index in [-0.39, 0.29) is 11.7 Å². The van der Waals surface area contributed by atoms with Gasteiger partial charge in [0.1, 0.15) is 18.1 Å². The molecule has 0 saturated heterocycles. The monoisotopic (exact) mass is 390 g/mol. The van der Waals surface area contributed by atoms with Crippen LogP contribution in [0.15, 0.2) is 57.9 Å². The van der Waals surface area contributed by atoms with Gasteiger partial charge in [-0.25, -0.2) is 0 Å². The van der Waals surface area contributed by atoms with Gasteiger partial charge in [0.2, 0.25) is 0 Å². The van der Waals surface area contributed by atoms with Gasteiger partial charge in [-0.3, -0.25) is 4.79 Å². The van der Waals surface area contributed by atoms with E-state index in [1.54, 1.807) is 19.1 Å². The maximum Gasteiger partial charge on any atom is 0.321 e. The molecule has 0 atom stereocenters. The van der Waals surface area contributed by atoms with Gasteiger partial charge in [-0.1, -0.05) is 21.9 Å². The molecule has 0 spiro atoms. The average Bonchev–Trinajstić information content (AvgIpc) is 2.56. The molecule has 0 unspecified atom stereocenters. The number of rotatable bonds is 6. The van der Waals surface area contributed by atoms with Crippen molar-refractivity contribution >= 4 is 33.7 Å². The SMILES string of the molecule is CC#CCOc1ccc(SCC(=O)Oc2ccc(Br)cc2)cc1. The Hall–Kier alpha value is -1.90. The van der Waals surface area contributed by atoms with Gasteiger partial charge in [-0.15, -0.1) is 17.7 Å². The van der Waals surface area contributed by atoms with Crippen LogP contribution in [0.4, 0.5) is 0 Å². The first kappa shape index (κ1) is 17.5. The smallest absolute Gasteiger partial charge is 0.321 e. The van der Waals surface area contributed by atoms with Crippen molar-refractivity contribution < 1.29 is 14.3 Å². The number of hydrogen-bond acceptors (Lipinski definition) is 4. The molecule has 2 aromatic carbocycles. The van der Waals surface area contributed by atoms with Crippen molar-refractivity contribution in [3.05, 3.63) is 53.0 Å². The van der Waals surface area contributed by atoms with E-state index in [4.69, 9.17) is 9.47 Å². The summed E-state index contributed by atoms with van der Waals surface area (Å²) >= 11 is 4.76. The lowest BCUT2D eigenvalue weighted by Gasteiger charge is -2.06. The minimum absolute atomic E-state index is 0.248. The van der Waals surface area contributed by atoms with E-state index in [1.807, 2.05) is 36.4 Å². The average molecular weight is 391 g/mol. The minimum Gasteiger partial charge on any atom is -0.481 e. The third kappa shape index (κ3) is 6.39. The molecule has 2 aromatic rings. The van der Waals surface area contributed by atoms with Crippen molar-refractivity contribution in [3.63, 3.8) is 0 Å². The zero-order valence-electron chi connectivity index (χ0n) is 12.5. The van der Waals surface area contributed by atoms with Gasteiger partial charge in [0.25, 0.3) is 0 Å². The van der Waals surface area contributed by atoms with E-state index in [0.29, 0.717) is 12.4 Å². The van der Waals surface area contributed by atoms with Crippen LogP contribution in [0.1, 0.15) is 6.92 Å². The number of thioether (sulfide) groups is 1. The molecule has 0 bridgehead atoms. The zero-order valence-corrected chi connectivity index (χ0v) is 14.9. The van der Waals surface area contributed by atoms with E-state index in [2.05, 4.69) is 27.8 Å². The van der Waals surface area contributed by atoms with Crippen LogP contribution in [0.2, 0.25) is 0 Å². The fourth-order valence-corrected chi connectivity index (χ4v) is 2.57. The number of ether oxygens (including phenoxy) is 2. The van der Waals surface area contributed by atoms with Crippen LogP contribution in [0.25, 0.3) is 0 Å². The number of hydrogen-bond donors (Lipinski definition) is 0. The predicted molar refractivity (Wildman–Crippen MR) is 95.9 cm³/mol. The molecule has 2 rings (SSSR count). The first-order chi connectivity index (χ1) is 11.2. The highest BCUT2D eigenvalue weighted by atomic mass is 79.9. The van der Waals surface area contributed by atoms with Crippen LogP contribution in [-0.2, 0) is 4.79 Å². The molecule has 118 valence electrons. The lowest BCUT2D eigenvalue weighted by Crippen LogP contribution is -2.10. The molecule has 0 aliphatic carbocycles. The molecule has 5 heteroatoms. The van der Waals surface area contributed by atoms with Crippen molar-refractivity contribution in [2.75, 3.05) is 12.4 Å². The molecule has 3 nitrogen and oxygen atoms in total. The Bertz CT molecular complexity index is 700. The summed E-state index contributed by atoms with van der Waals surface area (Å²) in [4.78, 5) is 12.8. The lowest BCUT2D eigenvalue weighted by atomic mass is 10.3. The number of benzene rings is 2. The third-order valence-electron chi connectivity index (χ3n) is 2.71. The number of esters is 1. The van der Waals surface area contributed by atoms with Gasteiger partial charge in [-0.2, -0.15) is 0 Å². The van der Waals surface area contributed by atoms with Crippen molar-refractivity contribution in [2.24, 2.45) is 0 Å². The fourth-order valence-electron chi connectivity index (χ4n) is 1.63. The molecule has 0 saturated carbocycles. The highest BCUT2D eigenvalue weighted by Gasteiger charge is 2.06. The summed E-state index contributed by atoms with van der Waals surface area (Å²) in [6.45, 7) is 2.15. The van der Waals surface area contributed by atoms with Crippen LogP contribution in [0.3, 0.4) is 0 Å². The Morgan fingerprint density at radius 2 is 1.74 bits per heavy atom. The van der Waals surface area contributed by atoms with E-state index < -0.39 is 0 Å². The van der Waals surface area contributed by atoms with E-state index in [1.165, 1.54) is 11.8 Å². The van der Waals surface area contributed by atoms with E-state index in [9.17, 15) is 4.79 Å². The Kier molecular flexibility index (Phi) is 7.05. The van der Waals surface area contributed by atoms with E-state index in [0.717, 1.165) is 15.1 Å². The van der Waals surface area contributed by atoms with Crippen molar-refractivity contribution in [1.82, 2.24) is 0 Å². The van der Waals surface area contributed by atoms with Gasteiger partial charge in [-0.05, 0) is 55.5 Å². The van der Waals surface area contributed by atoms with Gasteiger partial charge in [0.15, 0.2) is 0 Å². The minimum atomic E-state index is -0.282. The van der Waals surface area contributed by atoms with Gasteiger partial charge in [0, 0.05) is 9.37 Å². The number of carbonyl (C=O) groups is 1. The van der Waals surface area contributed by atoms with Crippen LogP contribution >= 0.6 is 27.7 Å². The van der Waals surface area contributed by atoms with Crippen molar-refractivity contribution in [3.8, 4) is 23.3 Å². The summed E-state index contributed by atoms with van der Waals surface area (Å²) < 4.78 is 11.6. The highest BCUT2D eigenvalue weighted by molar-refractivity contribution is 9.10. The highest BCUT2D eigenvalue weighted by Crippen LogP contribution is 2.22. The summed E-state index contributed by atoms with van der Waals surface area (Å²) in [5.41, 5.74) is 0. The molecular formula is C18H15BrO3S. The standard InChI is InChI=1S/C18H15BrO3S/c1-2-3-12-21-15-8-10-17(11-9-15)23-13-18(20)22-16-6-4-14(19)5-7-16/h4-11H,12-13H2,1H3. The van der Waals surface area contributed by atoms with Crippen molar-refractivity contribution in [1.29, 1.82) is 0 Å². The molecule has 0 N–H and O–H groups in total. The first-order valence-corrected chi connectivity index (χ1v) is 8.67.